The molecule has 1 fully saturated rings. The van der Waals surface area contributed by atoms with Crippen LogP contribution in [0.3, 0.4) is 0 Å². The quantitative estimate of drug-likeness (QED) is 0.706. The number of rotatable bonds is 7. The van der Waals surface area contributed by atoms with Crippen molar-refractivity contribution in [3.05, 3.63) is 20.8 Å². The van der Waals surface area contributed by atoms with Crippen LogP contribution in [0.15, 0.2) is 9.59 Å². The number of hydrogen-bond donors (Lipinski definition) is 2. The van der Waals surface area contributed by atoms with Gasteiger partial charge in [-0.3, -0.25) is 24.0 Å². The van der Waals surface area contributed by atoms with Crippen LogP contribution in [-0.2, 0) is 16.1 Å². The highest BCUT2D eigenvalue weighted by atomic mass is 16.5. The molecule has 0 saturated carbocycles. The van der Waals surface area contributed by atoms with Crippen molar-refractivity contribution in [3.63, 3.8) is 0 Å². The van der Waals surface area contributed by atoms with Crippen molar-refractivity contribution in [1.29, 1.82) is 0 Å². The molecule has 1 saturated heterocycles. The van der Waals surface area contributed by atoms with Crippen molar-refractivity contribution >= 4 is 17.4 Å². The Labute approximate surface area is 159 Å². The van der Waals surface area contributed by atoms with Crippen LogP contribution in [0.4, 0.5) is 11.5 Å². The average molecular weight is 381 g/mol. The van der Waals surface area contributed by atoms with Gasteiger partial charge in [0, 0.05) is 26.2 Å². The lowest BCUT2D eigenvalue weighted by molar-refractivity contribution is -0.123. The molecule has 1 amide bonds. The van der Waals surface area contributed by atoms with Crippen molar-refractivity contribution in [1.82, 2.24) is 14.5 Å². The smallest absolute Gasteiger partial charge is 0.330 e. The van der Waals surface area contributed by atoms with Crippen LogP contribution in [0.25, 0.3) is 0 Å². The molecule has 3 N–H and O–H groups in total. The number of unbranched alkanes of at least 4 members (excludes halogenated alkanes) is 1. The molecule has 9 heteroatoms. The number of aromatic nitrogens is 2. The lowest BCUT2D eigenvalue weighted by Gasteiger charge is -2.35. The minimum Gasteiger partial charge on any atom is -0.383 e. The van der Waals surface area contributed by atoms with Gasteiger partial charge in [0.15, 0.2) is 5.69 Å². The maximum Gasteiger partial charge on any atom is 0.330 e. The molecule has 0 aromatic carbocycles. The number of carbonyl (C=O) groups excluding carboxylic acids is 1. The molecule has 0 spiro atoms. The second-order valence-corrected chi connectivity index (χ2v) is 7.09. The maximum absolute atomic E-state index is 12.9. The van der Waals surface area contributed by atoms with E-state index in [-0.39, 0.29) is 42.7 Å². The van der Waals surface area contributed by atoms with Gasteiger partial charge in [-0.25, -0.2) is 4.79 Å². The van der Waals surface area contributed by atoms with Crippen molar-refractivity contribution in [2.45, 2.75) is 59.3 Å². The molecule has 1 aliphatic rings. The Balaban J connectivity index is 2.29. The zero-order valence-corrected chi connectivity index (χ0v) is 16.7. The minimum atomic E-state index is -0.635. The summed E-state index contributed by atoms with van der Waals surface area (Å²) < 4.78 is 7.02. The number of hydrogen-bond acceptors (Lipinski definition) is 6. The van der Waals surface area contributed by atoms with E-state index >= 15 is 0 Å². The topological polar surface area (TPSA) is 114 Å². The zero-order chi connectivity index (χ0) is 20.1. The number of H-pyrrole nitrogens is 1. The van der Waals surface area contributed by atoms with Gasteiger partial charge in [-0.1, -0.05) is 13.3 Å². The fraction of sp³-hybridized carbons (Fsp3) is 0.722. The summed E-state index contributed by atoms with van der Waals surface area (Å²) in [6.45, 7) is 9.86. The fourth-order valence-electron chi connectivity index (χ4n) is 3.53. The van der Waals surface area contributed by atoms with Gasteiger partial charge in [-0.15, -0.1) is 0 Å². The van der Waals surface area contributed by atoms with Gasteiger partial charge < -0.3 is 15.4 Å². The van der Waals surface area contributed by atoms with E-state index in [0.717, 1.165) is 12.8 Å². The Morgan fingerprint density at radius 3 is 2.44 bits per heavy atom. The van der Waals surface area contributed by atoms with Crippen LogP contribution < -0.4 is 21.9 Å². The number of nitrogen functional groups attached to an aromatic ring is 1. The molecular weight excluding hydrogens is 350 g/mol. The molecule has 1 aromatic rings. The molecule has 27 heavy (non-hydrogen) atoms. The molecule has 1 aliphatic heterocycles. The van der Waals surface area contributed by atoms with E-state index in [1.54, 1.807) is 6.92 Å². The number of nitrogens with one attached hydrogen (secondary N) is 1. The van der Waals surface area contributed by atoms with Gasteiger partial charge in [0.1, 0.15) is 5.82 Å². The van der Waals surface area contributed by atoms with E-state index in [0.29, 0.717) is 19.6 Å². The summed E-state index contributed by atoms with van der Waals surface area (Å²) >= 11 is 0. The largest absolute Gasteiger partial charge is 0.383 e. The van der Waals surface area contributed by atoms with E-state index in [4.69, 9.17) is 10.5 Å². The van der Waals surface area contributed by atoms with Crippen molar-refractivity contribution in [2.75, 3.05) is 36.8 Å². The second-order valence-electron chi connectivity index (χ2n) is 7.09. The summed E-state index contributed by atoms with van der Waals surface area (Å²) in [7, 11) is 0. The summed E-state index contributed by atoms with van der Waals surface area (Å²) in [6.07, 6.45) is 1.71. The first-order chi connectivity index (χ1) is 12.8. The SMILES string of the molecule is CCCCn1c(N)c(N(CC)C(=O)CN2C[C@H](C)O[C@@H](C)C2)c(=O)[nH]c1=O. The molecular formula is C18H31N5O4. The Morgan fingerprint density at radius 2 is 1.89 bits per heavy atom. The number of nitrogens with zero attached hydrogens (tertiary/aromatic N) is 3. The van der Waals surface area contributed by atoms with E-state index in [9.17, 15) is 14.4 Å². The first kappa shape index (κ1) is 21.2. The molecule has 0 aliphatic carbocycles. The summed E-state index contributed by atoms with van der Waals surface area (Å²) in [5, 5.41) is 0. The molecule has 2 rings (SSSR count). The lowest BCUT2D eigenvalue weighted by atomic mass is 10.2. The molecule has 1 aromatic heterocycles. The van der Waals surface area contributed by atoms with Crippen LogP contribution in [-0.4, -0.2) is 58.7 Å². The molecule has 152 valence electrons. The first-order valence-corrected chi connectivity index (χ1v) is 9.59. The standard InChI is InChI=1S/C18H31N5O4/c1-5-7-8-23-16(19)15(17(25)20-18(23)26)22(6-2)14(24)11-21-9-12(3)27-13(4)10-21/h12-13H,5-11,19H2,1-4H3,(H,20,25,26)/t12-,13-/m0/s1. The van der Waals surface area contributed by atoms with Gasteiger partial charge in [0.25, 0.3) is 5.56 Å². The highest BCUT2D eigenvalue weighted by Gasteiger charge is 2.28. The normalized spacial score (nSPS) is 20.6. The second kappa shape index (κ2) is 9.18. The molecule has 2 atom stereocenters. The number of ether oxygens (including phenoxy) is 1. The number of morpholine rings is 1. The summed E-state index contributed by atoms with van der Waals surface area (Å²) in [6, 6.07) is 0. The predicted octanol–water partition coefficient (Wildman–Crippen LogP) is 0.381. The summed E-state index contributed by atoms with van der Waals surface area (Å²) in [5.41, 5.74) is 5.00. The van der Waals surface area contributed by atoms with Gasteiger partial charge >= 0.3 is 5.69 Å². The lowest BCUT2D eigenvalue weighted by Crippen LogP contribution is -2.51. The van der Waals surface area contributed by atoms with E-state index in [2.05, 4.69) is 4.98 Å². The van der Waals surface area contributed by atoms with Crippen molar-refractivity contribution < 1.29 is 9.53 Å². The third kappa shape index (κ3) is 4.98. The average Bonchev–Trinajstić information content (AvgIpc) is 2.57. The number of likely N-dealkylation sites (N-methyl/N-ethyl adjacent to an activating group) is 1. The zero-order valence-electron chi connectivity index (χ0n) is 16.7. The van der Waals surface area contributed by atoms with Gasteiger partial charge in [-0.2, -0.15) is 0 Å². The van der Waals surface area contributed by atoms with Crippen LogP contribution in [0.1, 0.15) is 40.5 Å². The number of amides is 1. The molecule has 0 radical (unpaired) electrons. The maximum atomic E-state index is 12.9. The highest BCUT2D eigenvalue weighted by Crippen LogP contribution is 2.18. The van der Waals surface area contributed by atoms with E-state index in [1.807, 2.05) is 25.7 Å². The first-order valence-electron chi connectivity index (χ1n) is 9.59. The Hall–Kier alpha value is -2.13. The van der Waals surface area contributed by atoms with E-state index < -0.39 is 11.2 Å². The number of aromatic amines is 1. The van der Waals surface area contributed by atoms with Crippen LogP contribution in [0.2, 0.25) is 0 Å². The van der Waals surface area contributed by atoms with E-state index in [1.165, 1.54) is 9.47 Å². The fourth-order valence-corrected chi connectivity index (χ4v) is 3.53. The van der Waals surface area contributed by atoms with Crippen LogP contribution in [0, 0.1) is 0 Å². The minimum absolute atomic E-state index is 0.0381. The third-order valence-electron chi connectivity index (χ3n) is 4.69. The van der Waals surface area contributed by atoms with Crippen LogP contribution in [0.5, 0.6) is 0 Å². The molecule has 9 nitrogen and oxygen atoms in total. The Bertz CT molecular complexity index is 762. The van der Waals surface area contributed by atoms with Crippen molar-refractivity contribution in [3.8, 4) is 0 Å². The monoisotopic (exact) mass is 381 g/mol. The molecule has 0 unspecified atom stereocenters. The van der Waals surface area contributed by atoms with Gasteiger partial charge in [0.2, 0.25) is 5.91 Å². The third-order valence-corrected chi connectivity index (χ3v) is 4.69. The van der Waals surface area contributed by atoms with Crippen molar-refractivity contribution in [2.24, 2.45) is 0 Å². The predicted molar refractivity (Wildman–Crippen MR) is 105 cm³/mol. The highest BCUT2D eigenvalue weighted by molar-refractivity contribution is 5.96. The number of nitrogens with two attached hydrogens (primary N) is 1. The van der Waals surface area contributed by atoms with Gasteiger partial charge in [0.05, 0.1) is 18.8 Å². The Kier molecular flexibility index (Phi) is 7.20. The molecule has 2 heterocycles. The number of carbonyl (C=O) groups is 1. The van der Waals surface area contributed by atoms with Gasteiger partial charge in [-0.05, 0) is 27.2 Å². The summed E-state index contributed by atoms with van der Waals surface area (Å²) in [5.74, 6) is -0.187. The van der Waals surface area contributed by atoms with Crippen LogP contribution >= 0.6 is 0 Å². The molecule has 0 bridgehead atoms. The number of anilines is 2. The summed E-state index contributed by atoms with van der Waals surface area (Å²) in [4.78, 5) is 43.1. The Morgan fingerprint density at radius 1 is 1.26 bits per heavy atom.